The smallest absolute Gasteiger partial charge is 0.167 e. The molecule has 0 aliphatic carbocycles. The minimum absolute atomic E-state index is 0.117. The molecule has 0 amide bonds. The molecule has 13 heavy (non-hydrogen) atoms. The molecule has 1 N–H and O–H groups in total. The van der Waals surface area contributed by atoms with Gasteiger partial charge in [0.2, 0.25) is 0 Å². The molecule has 0 spiro atoms. The summed E-state index contributed by atoms with van der Waals surface area (Å²) in [7, 11) is 0. The zero-order chi connectivity index (χ0) is 9.84. The summed E-state index contributed by atoms with van der Waals surface area (Å²) in [5.74, 6) is 0.970. The van der Waals surface area contributed by atoms with Crippen molar-refractivity contribution in [3.8, 4) is 5.75 Å². The monoisotopic (exact) mass is 179 g/mol. The van der Waals surface area contributed by atoms with E-state index in [-0.39, 0.29) is 6.23 Å². The Morgan fingerprint density at radius 2 is 2.00 bits per heavy atom. The minimum Gasteiger partial charge on any atom is -0.469 e. The molecule has 0 radical (unpaired) electrons. The van der Waals surface area contributed by atoms with Gasteiger partial charge in [0.25, 0.3) is 0 Å². The summed E-state index contributed by atoms with van der Waals surface area (Å²) in [6.07, 6.45) is 0.117. The molecule has 1 atom stereocenters. The SMILES string of the molecule is CC.Cc1ccc2c(c1)OC(C)N2. The molecule has 0 fully saturated rings. The van der Waals surface area contributed by atoms with E-state index < -0.39 is 0 Å². The van der Waals surface area contributed by atoms with Crippen LogP contribution in [0.4, 0.5) is 5.69 Å². The Morgan fingerprint density at radius 1 is 1.31 bits per heavy atom. The number of hydrogen-bond donors (Lipinski definition) is 1. The molecule has 0 saturated carbocycles. The molecule has 0 aromatic heterocycles. The summed E-state index contributed by atoms with van der Waals surface area (Å²) in [6, 6.07) is 6.17. The first-order chi connectivity index (χ1) is 6.25. The van der Waals surface area contributed by atoms with Crippen molar-refractivity contribution in [3.63, 3.8) is 0 Å². The van der Waals surface area contributed by atoms with Gasteiger partial charge in [0.05, 0.1) is 5.69 Å². The summed E-state index contributed by atoms with van der Waals surface area (Å²) >= 11 is 0. The fraction of sp³-hybridized carbons (Fsp3) is 0.455. The van der Waals surface area contributed by atoms with E-state index in [1.54, 1.807) is 0 Å². The van der Waals surface area contributed by atoms with Gasteiger partial charge >= 0.3 is 0 Å². The lowest BCUT2D eigenvalue weighted by Gasteiger charge is -2.01. The van der Waals surface area contributed by atoms with Crippen LogP contribution in [-0.2, 0) is 0 Å². The molecule has 72 valence electrons. The standard InChI is InChI=1S/C9H11NO.C2H6/c1-6-3-4-8-9(5-6)11-7(2)10-8;1-2/h3-5,7,10H,1-2H3;1-2H3. The van der Waals surface area contributed by atoms with Crippen LogP contribution in [0.1, 0.15) is 26.3 Å². The molecule has 1 heterocycles. The Hall–Kier alpha value is -1.18. The van der Waals surface area contributed by atoms with Crippen LogP contribution in [0.5, 0.6) is 5.75 Å². The number of rotatable bonds is 0. The summed E-state index contributed by atoms with van der Waals surface area (Å²) in [4.78, 5) is 0. The predicted octanol–water partition coefficient (Wildman–Crippen LogP) is 3.17. The Kier molecular flexibility index (Phi) is 3.18. The molecule has 1 aromatic carbocycles. The van der Waals surface area contributed by atoms with Crippen LogP contribution >= 0.6 is 0 Å². The average molecular weight is 179 g/mol. The van der Waals surface area contributed by atoms with Crippen molar-refractivity contribution in [2.45, 2.75) is 33.9 Å². The molecular weight excluding hydrogens is 162 g/mol. The maximum absolute atomic E-state index is 5.48. The molecule has 2 nitrogen and oxygen atoms in total. The molecule has 0 saturated heterocycles. The fourth-order valence-corrected chi connectivity index (χ4v) is 1.29. The molecule has 0 bridgehead atoms. The lowest BCUT2D eigenvalue weighted by molar-refractivity contribution is 0.274. The van der Waals surface area contributed by atoms with Gasteiger partial charge in [-0.25, -0.2) is 0 Å². The Balaban J connectivity index is 0.000000396. The van der Waals surface area contributed by atoms with Gasteiger partial charge in [-0.15, -0.1) is 0 Å². The van der Waals surface area contributed by atoms with E-state index >= 15 is 0 Å². The topological polar surface area (TPSA) is 21.3 Å². The summed E-state index contributed by atoms with van der Waals surface area (Å²) in [5, 5.41) is 3.20. The molecule has 1 aromatic rings. The highest BCUT2D eigenvalue weighted by Gasteiger charge is 2.16. The van der Waals surface area contributed by atoms with Crippen LogP contribution in [0, 0.1) is 6.92 Å². The van der Waals surface area contributed by atoms with Gasteiger partial charge in [0, 0.05) is 0 Å². The van der Waals surface area contributed by atoms with Gasteiger partial charge in [0.1, 0.15) is 5.75 Å². The average Bonchev–Trinajstić information content (AvgIpc) is 2.48. The summed E-state index contributed by atoms with van der Waals surface area (Å²) in [5.41, 5.74) is 2.34. The molecule has 1 aliphatic heterocycles. The highest BCUT2D eigenvalue weighted by molar-refractivity contribution is 5.60. The first-order valence-electron chi connectivity index (χ1n) is 4.79. The molecule has 1 aliphatic rings. The van der Waals surface area contributed by atoms with Crippen molar-refractivity contribution in [1.82, 2.24) is 0 Å². The van der Waals surface area contributed by atoms with E-state index in [1.165, 1.54) is 5.56 Å². The van der Waals surface area contributed by atoms with Crippen LogP contribution in [0.2, 0.25) is 0 Å². The van der Waals surface area contributed by atoms with Crippen molar-refractivity contribution in [3.05, 3.63) is 23.8 Å². The van der Waals surface area contributed by atoms with Crippen molar-refractivity contribution in [1.29, 1.82) is 0 Å². The lowest BCUT2D eigenvalue weighted by atomic mass is 10.2. The zero-order valence-electron chi connectivity index (χ0n) is 8.72. The quantitative estimate of drug-likeness (QED) is 0.660. The van der Waals surface area contributed by atoms with Gasteiger partial charge in [-0.05, 0) is 31.5 Å². The number of nitrogens with one attached hydrogen (secondary N) is 1. The molecule has 2 rings (SSSR count). The van der Waals surface area contributed by atoms with Crippen LogP contribution in [0.25, 0.3) is 0 Å². The van der Waals surface area contributed by atoms with Crippen molar-refractivity contribution in [2.24, 2.45) is 0 Å². The second-order valence-corrected chi connectivity index (χ2v) is 2.90. The summed E-state index contributed by atoms with van der Waals surface area (Å²) < 4.78 is 5.48. The van der Waals surface area contributed by atoms with Crippen LogP contribution in [-0.4, -0.2) is 6.23 Å². The van der Waals surface area contributed by atoms with Crippen molar-refractivity contribution >= 4 is 5.69 Å². The number of anilines is 1. The van der Waals surface area contributed by atoms with Gasteiger partial charge in [-0.1, -0.05) is 19.9 Å². The van der Waals surface area contributed by atoms with Gasteiger partial charge in [-0.3, -0.25) is 0 Å². The Bertz CT molecular complexity index is 283. The maximum atomic E-state index is 5.48. The van der Waals surface area contributed by atoms with E-state index in [1.807, 2.05) is 32.9 Å². The van der Waals surface area contributed by atoms with Crippen LogP contribution < -0.4 is 10.1 Å². The van der Waals surface area contributed by atoms with Gasteiger partial charge < -0.3 is 10.1 Å². The third kappa shape index (κ3) is 2.14. The second-order valence-electron chi connectivity index (χ2n) is 2.90. The number of ether oxygens (including phenoxy) is 1. The van der Waals surface area contributed by atoms with E-state index in [4.69, 9.17) is 4.74 Å². The van der Waals surface area contributed by atoms with E-state index in [2.05, 4.69) is 18.3 Å². The highest BCUT2D eigenvalue weighted by atomic mass is 16.5. The number of benzene rings is 1. The van der Waals surface area contributed by atoms with E-state index in [9.17, 15) is 0 Å². The number of fused-ring (bicyclic) bond motifs is 1. The van der Waals surface area contributed by atoms with Gasteiger partial charge in [0.15, 0.2) is 6.23 Å². The summed E-state index contributed by atoms with van der Waals surface area (Å²) in [6.45, 7) is 8.06. The minimum atomic E-state index is 0.117. The predicted molar refractivity (Wildman–Crippen MR) is 56.2 cm³/mol. The van der Waals surface area contributed by atoms with E-state index in [0.29, 0.717) is 0 Å². The van der Waals surface area contributed by atoms with Gasteiger partial charge in [-0.2, -0.15) is 0 Å². The zero-order valence-corrected chi connectivity index (χ0v) is 8.72. The molecule has 1 unspecified atom stereocenters. The van der Waals surface area contributed by atoms with Crippen LogP contribution in [0.15, 0.2) is 18.2 Å². The van der Waals surface area contributed by atoms with E-state index in [0.717, 1.165) is 11.4 Å². The normalized spacial score (nSPS) is 17.7. The second kappa shape index (κ2) is 4.17. The largest absolute Gasteiger partial charge is 0.469 e. The molecular formula is C11H17NO. The number of aryl methyl sites for hydroxylation is 1. The first kappa shape index (κ1) is 9.90. The first-order valence-corrected chi connectivity index (χ1v) is 4.79. The fourth-order valence-electron chi connectivity index (χ4n) is 1.29. The maximum Gasteiger partial charge on any atom is 0.167 e. The Morgan fingerprint density at radius 3 is 2.69 bits per heavy atom. The third-order valence-electron chi connectivity index (χ3n) is 1.80. The number of hydrogen-bond acceptors (Lipinski definition) is 2. The van der Waals surface area contributed by atoms with Crippen molar-refractivity contribution in [2.75, 3.05) is 5.32 Å². The molecule has 2 heteroatoms. The Labute approximate surface area is 79.9 Å². The van der Waals surface area contributed by atoms with Crippen LogP contribution in [0.3, 0.4) is 0 Å². The lowest BCUT2D eigenvalue weighted by Crippen LogP contribution is -2.13. The third-order valence-corrected chi connectivity index (χ3v) is 1.80. The highest BCUT2D eigenvalue weighted by Crippen LogP contribution is 2.31. The van der Waals surface area contributed by atoms with Crippen molar-refractivity contribution < 1.29 is 4.74 Å².